The first-order chi connectivity index (χ1) is 14.1. The summed E-state index contributed by atoms with van der Waals surface area (Å²) in [4.78, 5) is 6.42. The highest BCUT2D eigenvalue weighted by atomic mass is 32.1. The van der Waals surface area contributed by atoms with Gasteiger partial charge in [0.15, 0.2) is 11.7 Å². The molecule has 1 saturated heterocycles. The predicted molar refractivity (Wildman–Crippen MR) is 119 cm³/mol. The smallest absolute Gasteiger partial charge is 0.207 e. The van der Waals surface area contributed by atoms with Crippen LogP contribution in [-0.2, 0) is 6.67 Å². The maximum atomic E-state index is 5.81. The SMILES string of the molecule is Cc1ccc(-n2c(C)nn(C[NH+]3CCC[C@@H]3c3nc4ccccc4s3)c2=S)cc1. The van der Waals surface area contributed by atoms with Crippen LogP contribution in [0.3, 0.4) is 0 Å². The van der Waals surface area contributed by atoms with Crippen molar-refractivity contribution in [3.8, 4) is 5.69 Å². The molecule has 4 aromatic rings. The molecular formula is C22H24N5S2+. The van der Waals surface area contributed by atoms with Gasteiger partial charge in [0.2, 0.25) is 4.77 Å². The van der Waals surface area contributed by atoms with Crippen LogP contribution in [0.5, 0.6) is 0 Å². The summed E-state index contributed by atoms with van der Waals surface area (Å²) in [5, 5.41) is 6.02. The molecule has 0 radical (unpaired) electrons. The van der Waals surface area contributed by atoms with Crippen molar-refractivity contribution in [3.63, 3.8) is 0 Å². The second-order valence-electron chi connectivity index (χ2n) is 7.78. The molecule has 0 bridgehead atoms. The molecule has 0 aliphatic carbocycles. The Kier molecular flexibility index (Phi) is 4.81. The predicted octanol–water partition coefficient (Wildman–Crippen LogP) is 4.01. The van der Waals surface area contributed by atoms with Crippen LogP contribution in [0.1, 0.15) is 35.3 Å². The van der Waals surface area contributed by atoms with Gasteiger partial charge < -0.3 is 4.90 Å². The Hall–Kier alpha value is -2.35. The highest BCUT2D eigenvalue weighted by Gasteiger charge is 2.33. The lowest BCUT2D eigenvalue weighted by Crippen LogP contribution is -3.09. The van der Waals surface area contributed by atoms with Crippen molar-refractivity contribution in [2.45, 2.75) is 39.4 Å². The van der Waals surface area contributed by atoms with E-state index in [9.17, 15) is 0 Å². The second kappa shape index (κ2) is 7.48. The summed E-state index contributed by atoms with van der Waals surface area (Å²) in [5.41, 5.74) is 3.42. The minimum absolute atomic E-state index is 0.416. The van der Waals surface area contributed by atoms with E-state index in [1.54, 1.807) is 0 Å². The number of hydrogen-bond donors (Lipinski definition) is 1. The van der Waals surface area contributed by atoms with Crippen LogP contribution in [0.25, 0.3) is 15.9 Å². The van der Waals surface area contributed by atoms with Gasteiger partial charge in [-0.3, -0.25) is 4.57 Å². The van der Waals surface area contributed by atoms with Gasteiger partial charge in [-0.05, 0) is 50.3 Å². The number of benzene rings is 2. The maximum Gasteiger partial charge on any atom is 0.207 e. The van der Waals surface area contributed by atoms with E-state index in [1.807, 2.05) is 22.9 Å². The highest BCUT2D eigenvalue weighted by Crippen LogP contribution is 2.28. The largest absolute Gasteiger partial charge is 0.308 e. The molecule has 2 aromatic heterocycles. The molecule has 1 unspecified atom stereocenters. The molecular weight excluding hydrogens is 398 g/mol. The van der Waals surface area contributed by atoms with Gasteiger partial charge in [-0.1, -0.05) is 29.8 Å². The Balaban J connectivity index is 1.44. The van der Waals surface area contributed by atoms with Crippen LogP contribution >= 0.6 is 23.6 Å². The summed E-state index contributed by atoms with van der Waals surface area (Å²) >= 11 is 7.63. The molecule has 1 aliphatic heterocycles. The standard InChI is InChI=1S/C22H23N5S2/c1-15-9-11-17(12-10-15)27-16(2)24-26(22(27)28)14-25-13-5-7-19(25)21-23-18-6-3-4-8-20(18)29-21/h3-4,6,8-12,19H,5,7,13-14H2,1-2H3/p+1/t19-/m1/s1. The van der Waals surface area contributed by atoms with Gasteiger partial charge in [0.05, 0.1) is 16.8 Å². The number of nitrogens with one attached hydrogen (secondary N) is 1. The summed E-state index contributed by atoms with van der Waals surface area (Å²) in [6.07, 6.45) is 2.38. The number of quaternary nitrogens is 1. The Morgan fingerprint density at radius 1 is 1.14 bits per heavy atom. The topological polar surface area (TPSA) is 40.1 Å². The van der Waals surface area contributed by atoms with E-state index in [0.717, 1.165) is 35.0 Å². The van der Waals surface area contributed by atoms with Crippen molar-refractivity contribution in [1.29, 1.82) is 0 Å². The molecule has 1 N–H and O–H groups in total. The van der Waals surface area contributed by atoms with Crippen LogP contribution < -0.4 is 4.90 Å². The molecule has 5 nitrogen and oxygen atoms in total. The lowest BCUT2D eigenvalue weighted by Gasteiger charge is -2.19. The third-order valence-electron chi connectivity index (χ3n) is 5.74. The Morgan fingerprint density at radius 2 is 1.93 bits per heavy atom. The van der Waals surface area contributed by atoms with Crippen LogP contribution in [0, 0.1) is 18.6 Å². The average molecular weight is 423 g/mol. The van der Waals surface area contributed by atoms with E-state index in [2.05, 4.69) is 60.0 Å². The molecule has 5 rings (SSSR count). The number of rotatable bonds is 4. The number of para-hydroxylation sites is 1. The number of nitrogens with zero attached hydrogens (tertiary/aromatic N) is 4. The summed E-state index contributed by atoms with van der Waals surface area (Å²) in [6, 6.07) is 17.3. The zero-order valence-corrected chi connectivity index (χ0v) is 18.3. The zero-order chi connectivity index (χ0) is 20.0. The number of aryl methyl sites for hydroxylation is 2. The van der Waals surface area contributed by atoms with Crippen molar-refractivity contribution in [1.82, 2.24) is 19.3 Å². The third kappa shape index (κ3) is 3.43. The molecule has 7 heteroatoms. The number of aromatic nitrogens is 4. The lowest BCUT2D eigenvalue weighted by atomic mass is 10.2. The van der Waals surface area contributed by atoms with Gasteiger partial charge in [-0.2, -0.15) is 9.78 Å². The highest BCUT2D eigenvalue weighted by molar-refractivity contribution is 7.71. The van der Waals surface area contributed by atoms with Crippen LogP contribution in [0.4, 0.5) is 0 Å². The average Bonchev–Trinajstić information content (AvgIpc) is 3.41. The van der Waals surface area contributed by atoms with E-state index in [0.29, 0.717) is 6.04 Å². The van der Waals surface area contributed by atoms with Gasteiger partial charge in [0.1, 0.15) is 11.9 Å². The summed E-state index contributed by atoms with van der Waals surface area (Å²) < 4.78 is 6.08. The fourth-order valence-electron chi connectivity index (χ4n) is 4.24. The zero-order valence-electron chi connectivity index (χ0n) is 16.6. The minimum atomic E-state index is 0.416. The van der Waals surface area contributed by atoms with Crippen LogP contribution in [0.15, 0.2) is 48.5 Å². The lowest BCUT2D eigenvalue weighted by molar-refractivity contribution is -0.941. The van der Waals surface area contributed by atoms with Gasteiger partial charge in [-0.25, -0.2) is 4.98 Å². The van der Waals surface area contributed by atoms with Gasteiger partial charge >= 0.3 is 0 Å². The molecule has 2 atom stereocenters. The molecule has 148 valence electrons. The molecule has 0 amide bonds. The summed E-state index contributed by atoms with van der Waals surface area (Å²) in [7, 11) is 0. The minimum Gasteiger partial charge on any atom is -0.308 e. The normalized spacial score (nSPS) is 19.2. The number of thiazole rings is 1. The van der Waals surface area contributed by atoms with Crippen molar-refractivity contribution < 1.29 is 4.90 Å². The quantitative estimate of drug-likeness (QED) is 0.505. The van der Waals surface area contributed by atoms with E-state index >= 15 is 0 Å². The fraction of sp³-hybridized carbons (Fsp3) is 0.318. The van der Waals surface area contributed by atoms with Crippen LogP contribution in [-0.4, -0.2) is 25.9 Å². The van der Waals surface area contributed by atoms with Crippen molar-refractivity contribution in [3.05, 3.63) is 69.7 Å². The van der Waals surface area contributed by atoms with Gasteiger partial charge in [0.25, 0.3) is 0 Å². The van der Waals surface area contributed by atoms with E-state index < -0.39 is 0 Å². The van der Waals surface area contributed by atoms with E-state index in [1.165, 1.54) is 33.0 Å². The van der Waals surface area contributed by atoms with Crippen molar-refractivity contribution >= 4 is 33.8 Å². The second-order valence-corrected chi connectivity index (χ2v) is 9.21. The third-order valence-corrected chi connectivity index (χ3v) is 7.28. The van der Waals surface area contributed by atoms with Gasteiger partial charge in [-0.15, -0.1) is 11.3 Å². The van der Waals surface area contributed by atoms with Gasteiger partial charge in [0, 0.05) is 18.5 Å². The molecule has 0 spiro atoms. The first kappa shape index (κ1) is 18.7. The first-order valence-electron chi connectivity index (χ1n) is 10.0. The van der Waals surface area contributed by atoms with Crippen LogP contribution in [0.2, 0.25) is 0 Å². The Bertz CT molecular complexity index is 1190. The summed E-state index contributed by atoms with van der Waals surface area (Å²) in [5.74, 6) is 0.925. The number of fused-ring (bicyclic) bond motifs is 1. The first-order valence-corrected chi connectivity index (χ1v) is 11.3. The Labute approximate surface area is 179 Å². The fourth-order valence-corrected chi connectivity index (χ4v) is 5.74. The molecule has 29 heavy (non-hydrogen) atoms. The Morgan fingerprint density at radius 3 is 2.72 bits per heavy atom. The van der Waals surface area contributed by atoms with E-state index in [-0.39, 0.29) is 0 Å². The number of hydrogen-bond acceptors (Lipinski definition) is 4. The monoisotopic (exact) mass is 422 g/mol. The summed E-state index contributed by atoms with van der Waals surface area (Å²) in [6.45, 7) is 6.02. The molecule has 1 fully saturated rings. The molecule has 3 heterocycles. The number of likely N-dealkylation sites (tertiary alicyclic amines) is 1. The molecule has 0 saturated carbocycles. The van der Waals surface area contributed by atoms with Crippen molar-refractivity contribution in [2.75, 3.05) is 6.54 Å². The van der Waals surface area contributed by atoms with E-state index in [4.69, 9.17) is 22.3 Å². The maximum absolute atomic E-state index is 5.81. The molecule has 2 aromatic carbocycles. The van der Waals surface area contributed by atoms with Crippen molar-refractivity contribution in [2.24, 2.45) is 0 Å². The molecule has 1 aliphatic rings.